The van der Waals surface area contributed by atoms with Crippen LogP contribution in [-0.2, 0) is 14.3 Å². The Labute approximate surface area is 112 Å². The largest absolute Gasteiger partial charge is 0.460 e. The molecule has 19 heavy (non-hydrogen) atoms. The van der Waals surface area contributed by atoms with Crippen LogP contribution in [0.5, 0.6) is 0 Å². The molecule has 4 heteroatoms. The van der Waals surface area contributed by atoms with E-state index in [4.69, 9.17) is 9.47 Å². The molecule has 2 aliphatic heterocycles. The van der Waals surface area contributed by atoms with Gasteiger partial charge in [-0.2, -0.15) is 0 Å². The van der Waals surface area contributed by atoms with Crippen LogP contribution < -0.4 is 0 Å². The highest BCUT2D eigenvalue weighted by molar-refractivity contribution is 5.86. The average Bonchev–Trinajstić information content (AvgIpc) is 3.02. The third-order valence-corrected chi connectivity index (χ3v) is 6.49. The van der Waals surface area contributed by atoms with Crippen LogP contribution >= 0.6 is 0 Å². The molecule has 0 bridgehead atoms. The first kappa shape index (κ1) is 11.9. The Balaban J connectivity index is 1.88. The molecular weight excluding hydrogens is 244 g/mol. The summed E-state index contributed by atoms with van der Waals surface area (Å²) >= 11 is 0. The maximum Gasteiger partial charge on any atom is 0.319 e. The number of ether oxygens (including phenoxy) is 2. The summed E-state index contributed by atoms with van der Waals surface area (Å²) in [4.78, 5) is 12.3. The van der Waals surface area contributed by atoms with Crippen molar-refractivity contribution < 1.29 is 19.4 Å². The zero-order valence-corrected chi connectivity index (χ0v) is 11.4. The summed E-state index contributed by atoms with van der Waals surface area (Å²) in [6.45, 7) is 8.59. The zero-order valence-electron chi connectivity index (χ0n) is 11.4. The normalized spacial score (nSPS) is 59.0. The maximum absolute atomic E-state index is 12.3. The quantitative estimate of drug-likeness (QED) is 0.408. The van der Waals surface area contributed by atoms with Crippen LogP contribution in [-0.4, -0.2) is 35.5 Å². The molecule has 104 valence electrons. The van der Waals surface area contributed by atoms with Gasteiger partial charge in [0.05, 0.1) is 6.10 Å². The number of aliphatic hydroxyl groups excluding tert-OH is 1. The van der Waals surface area contributed by atoms with Crippen molar-refractivity contribution in [1.82, 2.24) is 0 Å². The minimum absolute atomic E-state index is 0.101. The number of carbonyl (C=O) groups is 1. The lowest BCUT2D eigenvalue weighted by molar-refractivity contribution is -0.150. The van der Waals surface area contributed by atoms with Crippen LogP contribution in [0.4, 0.5) is 0 Å². The molecule has 4 nitrogen and oxygen atoms in total. The summed E-state index contributed by atoms with van der Waals surface area (Å²) in [5.41, 5.74) is -0.919. The van der Waals surface area contributed by atoms with Crippen molar-refractivity contribution in [3.63, 3.8) is 0 Å². The lowest BCUT2D eigenvalue weighted by Crippen LogP contribution is -2.48. The molecule has 2 heterocycles. The lowest BCUT2D eigenvalue weighted by Gasteiger charge is -2.39. The number of carbonyl (C=O) groups excluding carboxylic acids is 1. The van der Waals surface area contributed by atoms with Gasteiger partial charge in [-0.25, -0.2) is 0 Å². The third kappa shape index (κ3) is 0.984. The van der Waals surface area contributed by atoms with E-state index in [1.165, 1.54) is 0 Å². The predicted octanol–water partition coefficient (Wildman–Crippen LogP) is 1.42. The number of epoxide rings is 1. The van der Waals surface area contributed by atoms with Crippen molar-refractivity contribution in [3.8, 4) is 0 Å². The second-order valence-corrected chi connectivity index (χ2v) is 7.03. The van der Waals surface area contributed by atoms with E-state index in [9.17, 15) is 9.90 Å². The average molecular weight is 264 g/mol. The first-order valence-corrected chi connectivity index (χ1v) is 7.11. The molecule has 0 aromatic heterocycles. The molecule has 4 rings (SSSR count). The van der Waals surface area contributed by atoms with Gasteiger partial charge in [-0.3, -0.25) is 4.79 Å². The van der Waals surface area contributed by atoms with Crippen molar-refractivity contribution in [2.75, 3.05) is 6.61 Å². The highest BCUT2D eigenvalue weighted by Gasteiger charge is 2.84. The van der Waals surface area contributed by atoms with Crippen molar-refractivity contribution in [3.05, 3.63) is 12.2 Å². The second-order valence-electron chi connectivity index (χ2n) is 7.03. The third-order valence-electron chi connectivity index (χ3n) is 6.49. The highest BCUT2D eigenvalue weighted by atomic mass is 16.6. The lowest BCUT2D eigenvalue weighted by atomic mass is 9.62. The molecule has 4 fully saturated rings. The molecule has 0 amide bonds. The molecular formula is C15H20O4. The van der Waals surface area contributed by atoms with Gasteiger partial charge in [0.2, 0.25) is 0 Å². The number of rotatable bonds is 0. The van der Waals surface area contributed by atoms with Gasteiger partial charge in [0.15, 0.2) is 0 Å². The number of esters is 1. The van der Waals surface area contributed by atoms with E-state index in [0.29, 0.717) is 12.3 Å². The zero-order chi connectivity index (χ0) is 13.6. The van der Waals surface area contributed by atoms with Gasteiger partial charge >= 0.3 is 5.97 Å². The molecule has 0 radical (unpaired) electrons. The summed E-state index contributed by atoms with van der Waals surface area (Å²) in [5, 5.41) is 10.9. The fraction of sp³-hybridized carbons (Fsp3) is 0.800. The first-order chi connectivity index (χ1) is 8.89. The smallest absolute Gasteiger partial charge is 0.319 e. The van der Waals surface area contributed by atoms with Crippen molar-refractivity contribution in [2.24, 2.45) is 16.7 Å². The first-order valence-electron chi connectivity index (χ1n) is 7.11. The fourth-order valence-electron chi connectivity index (χ4n) is 5.05. The van der Waals surface area contributed by atoms with E-state index >= 15 is 0 Å². The van der Waals surface area contributed by atoms with Gasteiger partial charge in [-0.15, -0.1) is 0 Å². The van der Waals surface area contributed by atoms with E-state index in [2.05, 4.69) is 20.4 Å². The van der Waals surface area contributed by atoms with Crippen LogP contribution in [0, 0.1) is 16.7 Å². The van der Waals surface area contributed by atoms with Crippen LogP contribution in [0.3, 0.4) is 0 Å². The Morgan fingerprint density at radius 3 is 2.74 bits per heavy atom. The Morgan fingerprint density at radius 1 is 1.42 bits per heavy atom. The van der Waals surface area contributed by atoms with Gasteiger partial charge in [0.25, 0.3) is 0 Å². The van der Waals surface area contributed by atoms with E-state index < -0.39 is 17.1 Å². The fourth-order valence-corrected chi connectivity index (χ4v) is 5.05. The molecule has 0 aromatic carbocycles. The molecule has 6 atom stereocenters. The Hall–Kier alpha value is -0.870. The van der Waals surface area contributed by atoms with E-state index in [-0.39, 0.29) is 24.1 Å². The summed E-state index contributed by atoms with van der Waals surface area (Å²) in [5.74, 6) is 0.123. The molecule has 2 spiro atoms. The van der Waals surface area contributed by atoms with Crippen molar-refractivity contribution in [2.45, 2.75) is 50.9 Å². The maximum atomic E-state index is 12.3. The standard InChI is InChI=1S/C15H20O4/c1-8-4-5-10-15(19-10)11(16)14(7-13(8,15)3)9(2)6-18-12(14)17/h8,10-11,16H,2,4-7H2,1,3H3/t8-,10-,11+,13+,14-,15+/m0/s1. The Morgan fingerprint density at radius 2 is 2.16 bits per heavy atom. The minimum atomic E-state index is -0.928. The summed E-state index contributed by atoms with van der Waals surface area (Å²) < 4.78 is 11.1. The van der Waals surface area contributed by atoms with Gasteiger partial charge in [0.1, 0.15) is 23.7 Å². The molecule has 0 aromatic rings. The number of aliphatic hydroxyl groups is 1. The molecule has 2 aliphatic carbocycles. The second kappa shape index (κ2) is 3.07. The summed E-state index contributed by atoms with van der Waals surface area (Å²) in [6, 6.07) is 0. The number of hydrogen-bond acceptors (Lipinski definition) is 4. The molecule has 4 aliphatic rings. The van der Waals surface area contributed by atoms with E-state index in [1.54, 1.807) is 0 Å². The van der Waals surface area contributed by atoms with Gasteiger partial charge in [-0.1, -0.05) is 20.4 Å². The van der Waals surface area contributed by atoms with Crippen molar-refractivity contribution in [1.29, 1.82) is 0 Å². The minimum Gasteiger partial charge on any atom is -0.460 e. The van der Waals surface area contributed by atoms with Crippen LogP contribution in [0.15, 0.2) is 12.2 Å². The van der Waals surface area contributed by atoms with Crippen LogP contribution in [0.25, 0.3) is 0 Å². The van der Waals surface area contributed by atoms with Crippen LogP contribution in [0.1, 0.15) is 33.1 Å². The van der Waals surface area contributed by atoms with Gasteiger partial charge in [0, 0.05) is 5.41 Å². The van der Waals surface area contributed by atoms with Gasteiger partial charge < -0.3 is 14.6 Å². The molecule has 1 N–H and O–H groups in total. The molecule has 0 unspecified atom stereocenters. The van der Waals surface area contributed by atoms with Gasteiger partial charge in [-0.05, 0) is 30.8 Å². The summed E-state index contributed by atoms with van der Waals surface area (Å²) in [6.07, 6.45) is 1.97. The SMILES string of the molecule is C=C1COC(=O)[C@@]12C[C@]1(C)[C@@H](C)CC[C@@H]3O[C@@]31[C@@H]2O. The highest BCUT2D eigenvalue weighted by Crippen LogP contribution is 2.74. The molecule has 2 saturated carbocycles. The Bertz CT molecular complexity index is 482. The van der Waals surface area contributed by atoms with E-state index in [0.717, 1.165) is 18.4 Å². The van der Waals surface area contributed by atoms with E-state index in [1.807, 2.05) is 0 Å². The summed E-state index contributed by atoms with van der Waals surface area (Å²) in [7, 11) is 0. The van der Waals surface area contributed by atoms with Crippen molar-refractivity contribution >= 4 is 5.97 Å². The number of hydrogen-bond donors (Lipinski definition) is 1. The predicted molar refractivity (Wildman–Crippen MR) is 67.3 cm³/mol. The van der Waals surface area contributed by atoms with Crippen LogP contribution in [0.2, 0.25) is 0 Å². The number of cyclic esters (lactones) is 1. The monoisotopic (exact) mass is 264 g/mol. The molecule has 2 saturated heterocycles. The topological polar surface area (TPSA) is 59.1 Å². The Kier molecular flexibility index (Phi) is 1.92.